The fourth-order valence-corrected chi connectivity index (χ4v) is 0.751. The molecule has 0 aliphatic heterocycles. The van der Waals surface area contributed by atoms with E-state index in [0.29, 0.717) is 5.82 Å². The van der Waals surface area contributed by atoms with Gasteiger partial charge in [-0.1, -0.05) is 0 Å². The zero-order valence-electron chi connectivity index (χ0n) is 7.16. The third kappa shape index (κ3) is 2.67. The summed E-state index contributed by atoms with van der Waals surface area (Å²) in [6.45, 7) is 1.22. The van der Waals surface area contributed by atoms with Crippen LogP contribution in [-0.2, 0) is 0 Å². The molecule has 0 spiro atoms. The minimum absolute atomic E-state index is 0.249. The first-order chi connectivity index (χ1) is 6.26. The SMILES string of the molecule is C[C@@H](CF)Nc1cnc(C#N)cn1. The second kappa shape index (κ2) is 4.36. The lowest BCUT2D eigenvalue weighted by molar-refractivity contribution is 0.459. The second-order valence-electron chi connectivity index (χ2n) is 2.60. The van der Waals surface area contributed by atoms with Gasteiger partial charge in [-0.05, 0) is 6.92 Å². The van der Waals surface area contributed by atoms with Crippen LogP contribution in [0, 0.1) is 11.3 Å². The number of halogens is 1. The molecule has 0 saturated heterocycles. The van der Waals surface area contributed by atoms with E-state index in [9.17, 15) is 4.39 Å². The highest BCUT2D eigenvalue weighted by molar-refractivity contribution is 5.33. The standard InChI is InChI=1S/C8H9FN4/c1-6(2-9)13-8-5-11-7(3-10)4-12-8/h4-6H,2H2,1H3,(H,12,13)/t6-/m0/s1. The molecule has 5 heteroatoms. The summed E-state index contributed by atoms with van der Waals surface area (Å²) in [5, 5.41) is 11.2. The molecule has 13 heavy (non-hydrogen) atoms. The van der Waals surface area contributed by atoms with Gasteiger partial charge >= 0.3 is 0 Å². The van der Waals surface area contributed by atoms with Crippen molar-refractivity contribution in [3.8, 4) is 6.07 Å². The van der Waals surface area contributed by atoms with Gasteiger partial charge in [0.15, 0.2) is 5.69 Å². The Bertz CT molecular complexity index is 303. The summed E-state index contributed by atoms with van der Waals surface area (Å²) in [5.41, 5.74) is 0.249. The van der Waals surface area contributed by atoms with Crippen molar-refractivity contribution >= 4 is 5.82 Å². The predicted molar refractivity (Wildman–Crippen MR) is 45.8 cm³/mol. The Morgan fingerprint density at radius 1 is 1.62 bits per heavy atom. The highest BCUT2D eigenvalue weighted by Crippen LogP contribution is 2.02. The van der Waals surface area contributed by atoms with E-state index in [1.807, 2.05) is 6.07 Å². The Kier molecular flexibility index (Phi) is 3.15. The summed E-state index contributed by atoms with van der Waals surface area (Å²) < 4.78 is 12.1. The molecule has 1 aromatic heterocycles. The van der Waals surface area contributed by atoms with Crippen LogP contribution in [0.5, 0.6) is 0 Å². The maximum absolute atomic E-state index is 12.1. The average Bonchev–Trinajstić information content (AvgIpc) is 2.19. The van der Waals surface area contributed by atoms with Crippen LogP contribution in [0.2, 0.25) is 0 Å². The van der Waals surface area contributed by atoms with Gasteiger partial charge in [-0.2, -0.15) is 5.26 Å². The number of nitrogens with zero attached hydrogens (tertiary/aromatic N) is 3. The second-order valence-corrected chi connectivity index (χ2v) is 2.60. The van der Waals surface area contributed by atoms with Crippen molar-refractivity contribution in [2.24, 2.45) is 0 Å². The Morgan fingerprint density at radius 3 is 2.85 bits per heavy atom. The van der Waals surface area contributed by atoms with Gasteiger partial charge in [-0.25, -0.2) is 14.4 Å². The normalized spacial score (nSPS) is 11.8. The topological polar surface area (TPSA) is 61.6 Å². The molecule has 0 aromatic carbocycles. The third-order valence-electron chi connectivity index (χ3n) is 1.39. The van der Waals surface area contributed by atoms with E-state index < -0.39 is 6.67 Å². The highest BCUT2D eigenvalue weighted by atomic mass is 19.1. The summed E-state index contributed by atoms with van der Waals surface area (Å²) in [5.74, 6) is 0.476. The summed E-state index contributed by atoms with van der Waals surface area (Å²) >= 11 is 0. The van der Waals surface area contributed by atoms with Crippen molar-refractivity contribution in [2.45, 2.75) is 13.0 Å². The van der Waals surface area contributed by atoms with Crippen LogP contribution in [0.25, 0.3) is 0 Å². The minimum Gasteiger partial charge on any atom is -0.364 e. The molecule has 0 saturated carbocycles. The molecule has 0 fully saturated rings. The first-order valence-corrected chi connectivity index (χ1v) is 3.81. The molecule has 0 radical (unpaired) electrons. The van der Waals surface area contributed by atoms with E-state index in [2.05, 4.69) is 15.3 Å². The van der Waals surface area contributed by atoms with Crippen molar-refractivity contribution in [3.05, 3.63) is 18.1 Å². The fourth-order valence-electron chi connectivity index (χ4n) is 0.751. The molecule has 1 aromatic rings. The quantitative estimate of drug-likeness (QED) is 0.757. The van der Waals surface area contributed by atoms with Gasteiger partial charge in [0.05, 0.1) is 18.4 Å². The van der Waals surface area contributed by atoms with E-state index >= 15 is 0 Å². The lowest BCUT2D eigenvalue weighted by Gasteiger charge is -2.08. The third-order valence-corrected chi connectivity index (χ3v) is 1.39. The summed E-state index contributed by atoms with van der Waals surface area (Å²) in [7, 11) is 0. The van der Waals surface area contributed by atoms with Gasteiger partial charge in [0.1, 0.15) is 18.6 Å². The first-order valence-electron chi connectivity index (χ1n) is 3.81. The van der Waals surface area contributed by atoms with Crippen molar-refractivity contribution in [1.29, 1.82) is 5.26 Å². The Morgan fingerprint density at radius 2 is 2.38 bits per heavy atom. The number of nitriles is 1. The Balaban J connectivity index is 2.65. The highest BCUT2D eigenvalue weighted by Gasteiger charge is 2.01. The number of nitrogens with one attached hydrogen (secondary N) is 1. The van der Waals surface area contributed by atoms with Crippen molar-refractivity contribution in [2.75, 3.05) is 12.0 Å². The maximum atomic E-state index is 12.1. The number of hydrogen-bond acceptors (Lipinski definition) is 4. The maximum Gasteiger partial charge on any atom is 0.158 e. The molecular weight excluding hydrogens is 171 g/mol. The molecule has 0 bridgehead atoms. The van der Waals surface area contributed by atoms with Gasteiger partial charge in [0.2, 0.25) is 0 Å². The molecule has 0 aliphatic rings. The number of alkyl halides is 1. The van der Waals surface area contributed by atoms with E-state index in [4.69, 9.17) is 5.26 Å². The van der Waals surface area contributed by atoms with Crippen LogP contribution in [0.15, 0.2) is 12.4 Å². The average molecular weight is 180 g/mol. The summed E-state index contributed by atoms with van der Waals surface area (Å²) in [6, 6.07) is 1.56. The van der Waals surface area contributed by atoms with Crippen LogP contribution < -0.4 is 5.32 Å². The van der Waals surface area contributed by atoms with Gasteiger partial charge in [0.25, 0.3) is 0 Å². The molecule has 1 atom stereocenters. The van der Waals surface area contributed by atoms with E-state index in [0.717, 1.165) is 0 Å². The van der Waals surface area contributed by atoms with E-state index in [-0.39, 0.29) is 11.7 Å². The van der Waals surface area contributed by atoms with Crippen molar-refractivity contribution < 1.29 is 4.39 Å². The summed E-state index contributed by atoms with van der Waals surface area (Å²) in [4.78, 5) is 7.65. The van der Waals surface area contributed by atoms with Crippen LogP contribution in [-0.4, -0.2) is 22.7 Å². The van der Waals surface area contributed by atoms with Crippen LogP contribution in [0.3, 0.4) is 0 Å². The minimum atomic E-state index is -0.471. The van der Waals surface area contributed by atoms with Crippen LogP contribution in [0.4, 0.5) is 10.2 Å². The van der Waals surface area contributed by atoms with Crippen molar-refractivity contribution in [3.63, 3.8) is 0 Å². The predicted octanol–water partition coefficient (Wildman–Crippen LogP) is 1.12. The van der Waals surface area contributed by atoms with Gasteiger partial charge in [-0.15, -0.1) is 0 Å². The monoisotopic (exact) mass is 180 g/mol. The van der Waals surface area contributed by atoms with Crippen LogP contribution in [0.1, 0.15) is 12.6 Å². The molecule has 0 aliphatic carbocycles. The lowest BCUT2D eigenvalue weighted by atomic mass is 10.4. The lowest BCUT2D eigenvalue weighted by Crippen LogP contribution is -2.17. The van der Waals surface area contributed by atoms with Crippen molar-refractivity contribution in [1.82, 2.24) is 9.97 Å². The number of hydrogen-bond donors (Lipinski definition) is 1. The van der Waals surface area contributed by atoms with E-state index in [1.54, 1.807) is 6.92 Å². The van der Waals surface area contributed by atoms with Crippen LogP contribution >= 0.6 is 0 Å². The number of rotatable bonds is 3. The molecule has 1 rings (SSSR count). The molecule has 1 N–H and O–H groups in total. The zero-order chi connectivity index (χ0) is 9.68. The summed E-state index contributed by atoms with van der Waals surface area (Å²) in [6.07, 6.45) is 2.75. The zero-order valence-corrected chi connectivity index (χ0v) is 7.16. The van der Waals surface area contributed by atoms with Gasteiger partial charge in [0, 0.05) is 0 Å². The Labute approximate surface area is 75.4 Å². The van der Waals surface area contributed by atoms with E-state index in [1.165, 1.54) is 12.4 Å². The largest absolute Gasteiger partial charge is 0.364 e. The molecule has 1 heterocycles. The molecule has 0 amide bonds. The fraction of sp³-hybridized carbons (Fsp3) is 0.375. The molecule has 0 unspecified atom stereocenters. The number of aromatic nitrogens is 2. The molecule has 68 valence electrons. The first kappa shape index (κ1) is 9.39. The van der Waals surface area contributed by atoms with Gasteiger partial charge in [-0.3, -0.25) is 0 Å². The smallest absolute Gasteiger partial charge is 0.158 e. The number of anilines is 1. The molecular formula is C8H9FN4. The Hall–Kier alpha value is -1.70. The van der Waals surface area contributed by atoms with Gasteiger partial charge < -0.3 is 5.32 Å². The molecule has 4 nitrogen and oxygen atoms in total.